The van der Waals surface area contributed by atoms with Gasteiger partial charge >= 0.3 is 0 Å². The average molecular weight is 444 g/mol. The molecule has 0 radical (unpaired) electrons. The molecule has 0 saturated carbocycles. The van der Waals surface area contributed by atoms with E-state index in [0.717, 1.165) is 24.1 Å². The number of benzene rings is 2. The van der Waals surface area contributed by atoms with Crippen LogP contribution in [0.25, 0.3) is 6.08 Å². The summed E-state index contributed by atoms with van der Waals surface area (Å²) in [6.07, 6.45) is 9.44. The lowest BCUT2D eigenvalue weighted by molar-refractivity contribution is 0.683. The van der Waals surface area contributed by atoms with Crippen LogP contribution in [0.1, 0.15) is 44.6 Å². The van der Waals surface area contributed by atoms with Gasteiger partial charge in [0, 0.05) is 0 Å². The molecule has 0 heterocycles. The summed E-state index contributed by atoms with van der Waals surface area (Å²) >= 11 is 24.5. The minimum atomic E-state index is 0.529. The average Bonchev–Trinajstić information content (AvgIpc) is 2.64. The topological polar surface area (TPSA) is 24.4 Å². The van der Waals surface area contributed by atoms with Gasteiger partial charge in [0.25, 0.3) is 0 Å². The number of hydrogen-bond donors (Lipinski definition) is 1. The summed E-state index contributed by atoms with van der Waals surface area (Å²) in [5, 5.41) is 6.65. The molecular weight excluding hydrogens is 422 g/mol. The van der Waals surface area contributed by atoms with Crippen LogP contribution < -0.4 is 5.43 Å². The third-order valence-corrected chi connectivity index (χ3v) is 5.34. The van der Waals surface area contributed by atoms with E-state index in [9.17, 15) is 0 Å². The second-order valence-corrected chi connectivity index (χ2v) is 7.76. The Morgan fingerprint density at radius 1 is 0.926 bits per heavy atom. The summed E-state index contributed by atoms with van der Waals surface area (Å²) in [4.78, 5) is 0. The zero-order valence-electron chi connectivity index (χ0n) is 15.1. The van der Waals surface area contributed by atoms with E-state index < -0.39 is 0 Å². The van der Waals surface area contributed by atoms with Crippen LogP contribution in [0, 0.1) is 0 Å². The summed E-state index contributed by atoms with van der Waals surface area (Å²) in [5.41, 5.74) is 5.48. The molecule has 6 heteroatoms. The first-order valence-corrected chi connectivity index (χ1v) is 10.4. The predicted octanol–water partition coefficient (Wildman–Crippen LogP) is 8.75. The third kappa shape index (κ3) is 7.38. The van der Waals surface area contributed by atoms with Crippen molar-refractivity contribution in [3.8, 4) is 0 Å². The first kappa shape index (κ1) is 22.1. The van der Waals surface area contributed by atoms with Crippen LogP contribution in [0.2, 0.25) is 20.1 Å². The summed E-state index contributed by atoms with van der Waals surface area (Å²) in [7, 11) is 0. The molecule has 0 unspecified atom stereocenters. The summed E-state index contributed by atoms with van der Waals surface area (Å²) in [6.45, 7) is 2.19. The van der Waals surface area contributed by atoms with Crippen molar-refractivity contribution in [2.24, 2.45) is 5.10 Å². The number of nitrogens with zero attached hydrogens (tertiary/aromatic N) is 1. The van der Waals surface area contributed by atoms with Crippen LogP contribution in [0.3, 0.4) is 0 Å². The third-order valence-electron chi connectivity index (χ3n) is 3.97. The van der Waals surface area contributed by atoms with Crippen LogP contribution in [0.15, 0.2) is 47.6 Å². The Kier molecular flexibility index (Phi) is 9.50. The van der Waals surface area contributed by atoms with Crippen molar-refractivity contribution >= 4 is 63.9 Å². The van der Waals surface area contributed by atoms with E-state index in [0.29, 0.717) is 25.8 Å². The highest BCUT2D eigenvalue weighted by Crippen LogP contribution is 2.30. The van der Waals surface area contributed by atoms with E-state index in [1.807, 2.05) is 24.3 Å². The Morgan fingerprint density at radius 3 is 2.33 bits per heavy atom. The molecule has 2 aromatic carbocycles. The fourth-order valence-corrected chi connectivity index (χ4v) is 3.24. The lowest BCUT2D eigenvalue weighted by atomic mass is 10.1. The van der Waals surface area contributed by atoms with E-state index in [2.05, 4.69) is 17.5 Å². The monoisotopic (exact) mass is 442 g/mol. The van der Waals surface area contributed by atoms with Crippen molar-refractivity contribution in [3.63, 3.8) is 0 Å². The van der Waals surface area contributed by atoms with Crippen molar-refractivity contribution in [3.05, 3.63) is 68.1 Å². The Morgan fingerprint density at radius 2 is 1.67 bits per heavy atom. The van der Waals surface area contributed by atoms with E-state index in [4.69, 9.17) is 46.4 Å². The standard InChI is InChI=1S/C21H22Cl4N2/c1-2-3-4-5-7-16(12-10-15-11-13-17(22)20(25)14-15)26-27-21-18(23)8-6-9-19(21)24/h6,8-14,27H,2-5,7H2,1H3/b12-10+,26-16?. The number of halogens is 4. The quantitative estimate of drug-likeness (QED) is 0.233. The zero-order valence-corrected chi connectivity index (χ0v) is 18.1. The van der Waals surface area contributed by atoms with Crippen LogP contribution in [0.4, 0.5) is 5.69 Å². The lowest BCUT2D eigenvalue weighted by Gasteiger charge is -2.08. The smallest absolute Gasteiger partial charge is 0.0934 e. The first-order chi connectivity index (χ1) is 13.0. The number of hydrogen-bond acceptors (Lipinski definition) is 2. The van der Waals surface area contributed by atoms with Gasteiger partial charge in [-0.05, 0) is 48.7 Å². The van der Waals surface area contributed by atoms with E-state index >= 15 is 0 Å². The fourth-order valence-electron chi connectivity index (χ4n) is 2.45. The highest BCUT2D eigenvalue weighted by Gasteiger charge is 2.05. The van der Waals surface area contributed by atoms with Gasteiger partial charge in [-0.1, -0.05) is 90.8 Å². The lowest BCUT2D eigenvalue weighted by Crippen LogP contribution is -2.00. The van der Waals surface area contributed by atoms with Gasteiger partial charge in [-0.25, -0.2) is 0 Å². The van der Waals surface area contributed by atoms with Gasteiger partial charge in [-0.2, -0.15) is 5.10 Å². The maximum absolute atomic E-state index is 6.20. The maximum atomic E-state index is 6.20. The van der Waals surface area contributed by atoms with E-state index in [1.54, 1.807) is 24.3 Å². The van der Waals surface area contributed by atoms with Crippen molar-refractivity contribution in [1.82, 2.24) is 0 Å². The number of hydrazone groups is 1. The number of rotatable bonds is 9. The summed E-state index contributed by atoms with van der Waals surface area (Å²) in [5.74, 6) is 0. The van der Waals surface area contributed by atoms with Crippen molar-refractivity contribution in [2.75, 3.05) is 5.43 Å². The van der Waals surface area contributed by atoms with Gasteiger partial charge in [0.2, 0.25) is 0 Å². The molecule has 0 fully saturated rings. The maximum Gasteiger partial charge on any atom is 0.0934 e. The van der Waals surface area contributed by atoms with Gasteiger partial charge in [0.05, 0.1) is 31.5 Å². The van der Waals surface area contributed by atoms with Crippen LogP contribution in [-0.4, -0.2) is 5.71 Å². The van der Waals surface area contributed by atoms with Crippen molar-refractivity contribution < 1.29 is 0 Å². The number of para-hydroxylation sites is 1. The normalized spacial score (nSPS) is 12.0. The molecule has 144 valence electrons. The minimum Gasteiger partial charge on any atom is -0.275 e. The number of unbranched alkanes of at least 4 members (excludes halogenated alkanes) is 3. The molecule has 0 amide bonds. The first-order valence-electron chi connectivity index (χ1n) is 8.91. The van der Waals surface area contributed by atoms with Crippen LogP contribution in [-0.2, 0) is 0 Å². The molecule has 1 N–H and O–H groups in total. The van der Waals surface area contributed by atoms with E-state index in [1.165, 1.54) is 19.3 Å². The Bertz CT molecular complexity index is 796. The minimum absolute atomic E-state index is 0.529. The summed E-state index contributed by atoms with van der Waals surface area (Å²) < 4.78 is 0. The van der Waals surface area contributed by atoms with Gasteiger partial charge in [0.15, 0.2) is 0 Å². The van der Waals surface area contributed by atoms with Gasteiger partial charge in [0.1, 0.15) is 0 Å². The molecule has 0 spiro atoms. The van der Waals surface area contributed by atoms with Gasteiger partial charge < -0.3 is 0 Å². The molecule has 0 bridgehead atoms. The van der Waals surface area contributed by atoms with Gasteiger partial charge in [-0.3, -0.25) is 5.43 Å². The zero-order chi connectivity index (χ0) is 19.6. The molecule has 2 nitrogen and oxygen atoms in total. The van der Waals surface area contributed by atoms with E-state index in [-0.39, 0.29) is 0 Å². The molecule has 2 aromatic rings. The second kappa shape index (κ2) is 11.6. The van der Waals surface area contributed by atoms with Crippen molar-refractivity contribution in [2.45, 2.75) is 39.0 Å². The molecule has 2 rings (SSSR count). The molecule has 0 aliphatic rings. The molecule has 0 saturated heterocycles. The van der Waals surface area contributed by atoms with Crippen LogP contribution in [0.5, 0.6) is 0 Å². The van der Waals surface area contributed by atoms with Crippen LogP contribution >= 0.6 is 46.4 Å². The Balaban J connectivity index is 2.16. The summed E-state index contributed by atoms with van der Waals surface area (Å²) in [6, 6.07) is 10.9. The SMILES string of the molecule is CCCCCCC(/C=C/c1ccc(Cl)c(Cl)c1)=NNc1c(Cl)cccc1Cl. The molecule has 0 aliphatic heterocycles. The largest absolute Gasteiger partial charge is 0.275 e. The fraction of sp³-hybridized carbons (Fsp3) is 0.286. The number of anilines is 1. The highest BCUT2D eigenvalue weighted by atomic mass is 35.5. The van der Waals surface area contributed by atoms with Crippen molar-refractivity contribution in [1.29, 1.82) is 0 Å². The highest BCUT2D eigenvalue weighted by molar-refractivity contribution is 6.42. The number of allylic oxidation sites excluding steroid dienone is 1. The molecule has 27 heavy (non-hydrogen) atoms. The Labute approximate surface area is 181 Å². The number of nitrogens with one attached hydrogen (secondary N) is 1. The molecule has 0 aromatic heterocycles. The Hall–Kier alpha value is -1.19. The second-order valence-electron chi connectivity index (χ2n) is 6.13. The molecule has 0 aliphatic carbocycles. The van der Waals surface area contributed by atoms with Gasteiger partial charge in [-0.15, -0.1) is 0 Å². The molecule has 0 atom stereocenters. The molecular formula is C21H22Cl4N2. The predicted molar refractivity (Wildman–Crippen MR) is 122 cm³/mol.